The molecular formula is C27H32FN3O3. The number of aliphatic carboxylic acids is 1. The van der Waals surface area contributed by atoms with Gasteiger partial charge in [0.15, 0.2) is 12.1 Å². The summed E-state index contributed by atoms with van der Waals surface area (Å²) in [5.74, 6) is -0.383. The van der Waals surface area contributed by atoms with Gasteiger partial charge in [-0.1, -0.05) is 55.7 Å². The summed E-state index contributed by atoms with van der Waals surface area (Å²) in [4.78, 5) is 23.6. The molecule has 34 heavy (non-hydrogen) atoms. The molecule has 7 heteroatoms. The van der Waals surface area contributed by atoms with E-state index in [0.717, 1.165) is 54.8 Å². The quantitative estimate of drug-likeness (QED) is 0.595. The van der Waals surface area contributed by atoms with Crippen LogP contribution in [0.3, 0.4) is 0 Å². The van der Waals surface area contributed by atoms with E-state index in [4.69, 9.17) is 14.9 Å². The van der Waals surface area contributed by atoms with Crippen molar-refractivity contribution in [3.05, 3.63) is 71.0 Å². The molecule has 5 rings (SSSR count). The molecule has 6 nitrogen and oxygen atoms in total. The molecule has 2 aromatic rings. The summed E-state index contributed by atoms with van der Waals surface area (Å²) in [7, 11) is 0. The predicted octanol–water partition coefficient (Wildman–Crippen LogP) is 4.63. The van der Waals surface area contributed by atoms with E-state index in [1.807, 2.05) is 18.2 Å². The lowest BCUT2D eigenvalue weighted by Gasteiger charge is -2.38. The minimum Gasteiger partial charge on any atom is -0.481 e. The number of halogens is 1. The fourth-order valence-corrected chi connectivity index (χ4v) is 5.59. The molecule has 2 heterocycles. The number of hydrogen-bond donors (Lipinski definition) is 2. The van der Waals surface area contributed by atoms with Crippen molar-refractivity contribution in [1.29, 1.82) is 0 Å². The number of carboxylic acid groups (broad SMARTS) is 1. The number of likely N-dealkylation sites (tertiary alicyclic amines) is 1. The Balaban J connectivity index is 1.19. The lowest BCUT2D eigenvalue weighted by Crippen LogP contribution is -2.49. The van der Waals surface area contributed by atoms with Gasteiger partial charge in [0.05, 0.1) is 5.92 Å². The Hall–Kier alpha value is -2.77. The number of carboxylic acids is 1. The molecule has 2 aromatic carbocycles. The van der Waals surface area contributed by atoms with Crippen molar-refractivity contribution in [3.8, 4) is 0 Å². The first-order chi connectivity index (χ1) is 16.5. The monoisotopic (exact) mass is 465 g/mol. The van der Waals surface area contributed by atoms with Gasteiger partial charge in [0.25, 0.3) is 0 Å². The van der Waals surface area contributed by atoms with Crippen LogP contribution in [0.15, 0.2) is 53.5 Å². The van der Waals surface area contributed by atoms with Crippen LogP contribution in [0.4, 0.5) is 4.39 Å². The average Bonchev–Trinajstić information content (AvgIpc) is 3.30. The molecule has 1 unspecified atom stereocenters. The smallest absolute Gasteiger partial charge is 0.309 e. The average molecular weight is 466 g/mol. The van der Waals surface area contributed by atoms with E-state index in [1.165, 1.54) is 25.3 Å². The maximum absolute atomic E-state index is 14.0. The van der Waals surface area contributed by atoms with Crippen LogP contribution in [0.2, 0.25) is 0 Å². The zero-order valence-electron chi connectivity index (χ0n) is 19.4. The lowest BCUT2D eigenvalue weighted by molar-refractivity contribution is -0.147. The van der Waals surface area contributed by atoms with E-state index in [0.29, 0.717) is 13.1 Å². The molecule has 0 aromatic heterocycles. The lowest BCUT2D eigenvalue weighted by atomic mass is 9.67. The first-order valence-electron chi connectivity index (χ1n) is 12.3. The van der Waals surface area contributed by atoms with Gasteiger partial charge in [0, 0.05) is 25.2 Å². The number of nitrogens with one attached hydrogen (secondary N) is 1. The van der Waals surface area contributed by atoms with E-state index in [-0.39, 0.29) is 23.4 Å². The van der Waals surface area contributed by atoms with Gasteiger partial charge >= 0.3 is 5.97 Å². The molecule has 0 amide bonds. The fourth-order valence-electron chi connectivity index (χ4n) is 5.59. The van der Waals surface area contributed by atoms with Crippen LogP contribution in [-0.4, -0.2) is 41.1 Å². The molecule has 0 bridgehead atoms. The molecule has 1 saturated carbocycles. The van der Waals surface area contributed by atoms with Gasteiger partial charge in [-0.15, -0.1) is 0 Å². The van der Waals surface area contributed by atoms with Crippen molar-refractivity contribution in [1.82, 2.24) is 10.4 Å². The van der Waals surface area contributed by atoms with E-state index >= 15 is 0 Å². The van der Waals surface area contributed by atoms with Crippen LogP contribution in [0, 0.1) is 11.7 Å². The Morgan fingerprint density at radius 1 is 1.15 bits per heavy atom. The summed E-state index contributed by atoms with van der Waals surface area (Å²) in [5, 5.41) is 9.02. The largest absolute Gasteiger partial charge is 0.481 e. The van der Waals surface area contributed by atoms with E-state index < -0.39 is 5.97 Å². The Labute approximate surface area is 199 Å². The number of hydrogen-bond acceptors (Lipinski definition) is 5. The first kappa shape index (κ1) is 23.0. The molecule has 2 aliphatic heterocycles. The van der Waals surface area contributed by atoms with Crippen LogP contribution < -0.4 is 5.48 Å². The summed E-state index contributed by atoms with van der Waals surface area (Å²) in [6.45, 7) is 1.97. The highest BCUT2D eigenvalue weighted by Gasteiger charge is 2.35. The van der Waals surface area contributed by atoms with Crippen LogP contribution >= 0.6 is 0 Å². The Morgan fingerprint density at radius 2 is 1.91 bits per heavy atom. The minimum absolute atomic E-state index is 0.000135. The summed E-state index contributed by atoms with van der Waals surface area (Å²) < 4.78 is 14.0. The molecule has 0 radical (unpaired) electrons. The minimum atomic E-state index is -0.711. The van der Waals surface area contributed by atoms with Crippen molar-refractivity contribution in [2.75, 3.05) is 13.1 Å². The van der Waals surface area contributed by atoms with Gasteiger partial charge in [-0.2, -0.15) is 0 Å². The van der Waals surface area contributed by atoms with Gasteiger partial charge in [-0.25, -0.2) is 19.7 Å². The fraction of sp³-hybridized carbons (Fsp3) is 0.481. The number of benzene rings is 2. The second-order valence-corrected chi connectivity index (χ2v) is 9.97. The van der Waals surface area contributed by atoms with E-state index in [9.17, 15) is 9.18 Å². The predicted molar refractivity (Wildman–Crippen MR) is 128 cm³/mol. The third-order valence-corrected chi connectivity index (χ3v) is 7.62. The zero-order chi connectivity index (χ0) is 23.5. The van der Waals surface area contributed by atoms with Crippen LogP contribution in [0.1, 0.15) is 61.6 Å². The highest BCUT2D eigenvalue weighted by atomic mass is 19.1. The van der Waals surface area contributed by atoms with Crippen LogP contribution in [-0.2, 0) is 21.6 Å². The molecule has 2 N–H and O–H groups in total. The Morgan fingerprint density at radius 3 is 2.62 bits per heavy atom. The van der Waals surface area contributed by atoms with Gasteiger partial charge in [0.1, 0.15) is 5.82 Å². The van der Waals surface area contributed by atoms with Gasteiger partial charge < -0.3 is 5.11 Å². The number of rotatable bonds is 8. The SMILES string of the molecule is O=C(O)C1CN(Cc2ccc(C3=NC(CCC4(c5cccc(F)c5)CCCCC4)ON3)cc2)C1. The molecule has 3 aliphatic rings. The molecular weight excluding hydrogens is 433 g/mol. The third-order valence-electron chi connectivity index (χ3n) is 7.62. The number of carbonyl (C=O) groups is 1. The van der Waals surface area contributed by atoms with Crippen molar-refractivity contribution in [3.63, 3.8) is 0 Å². The molecule has 2 fully saturated rings. The summed E-state index contributed by atoms with van der Waals surface area (Å²) >= 11 is 0. The Bertz CT molecular complexity index is 1040. The van der Waals surface area contributed by atoms with Gasteiger partial charge in [-0.05, 0) is 54.4 Å². The molecule has 1 atom stereocenters. The van der Waals surface area contributed by atoms with Crippen molar-refractivity contribution < 1.29 is 19.1 Å². The highest BCUT2D eigenvalue weighted by Crippen LogP contribution is 2.43. The standard InChI is InChI=1S/C27H32FN3O3/c28-23-6-4-5-22(15-23)27(12-2-1-3-13-27)14-11-24-29-25(30-34-24)20-9-7-19(8-10-20)16-31-17-21(18-31)26(32)33/h4-10,15,21,24H,1-3,11-14,16-18H2,(H,29,30)(H,32,33). The van der Waals surface area contributed by atoms with Gasteiger partial charge in [-0.3, -0.25) is 9.69 Å². The molecule has 1 aliphatic carbocycles. The number of nitrogens with zero attached hydrogens (tertiary/aromatic N) is 2. The van der Waals surface area contributed by atoms with E-state index in [1.54, 1.807) is 6.07 Å². The van der Waals surface area contributed by atoms with E-state index in [2.05, 4.69) is 28.6 Å². The summed E-state index contributed by atoms with van der Waals surface area (Å²) in [6.07, 6.45) is 7.21. The van der Waals surface area contributed by atoms with Crippen LogP contribution in [0.5, 0.6) is 0 Å². The summed E-state index contributed by atoms with van der Waals surface area (Å²) in [5.41, 5.74) is 6.21. The van der Waals surface area contributed by atoms with Crippen LogP contribution in [0.25, 0.3) is 0 Å². The van der Waals surface area contributed by atoms with Crippen molar-refractivity contribution >= 4 is 11.8 Å². The normalized spacial score (nSPS) is 22.6. The zero-order valence-corrected chi connectivity index (χ0v) is 19.4. The molecule has 180 valence electrons. The van der Waals surface area contributed by atoms with Gasteiger partial charge in [0.2, 0.25) is 0 Å². The topological polar surface area (TPSA) is 74.2 Å². The Kier molecular flexibility index (Phi) is 6.66. The van der Waals surface area contributed by atoms with Crippen molar-refractivity contribution in [2.45, 2.75) is 63.1 Å². The number of hydroxylamine groups is 1. The van der Waals surface area contributed by atoms with Crippen molar-refractivity contribution in [2.24, 2.45) is 10.9 Å². The number of amidine groups is 1. The first-order valence-corrected chi connectivity index (χ1v) is 12.3. The highest BCUT2D eigenvalue weighted by molar-refractivity contribution is 5.98. The molecule has 1 saturated heterocycles. The second kappa shape index (κ2) is 9.84. The number of aliphatic imine (C=N–C) groups is 1. The summed E-state index contributed by atoms with van der Waals surface area (Å²) in [6, 6.07) is 15.3. The molecule has 0 spiro atoms. The maximum atomic E-state index is 14.0. The third kappa shape index (κ3) is 5.00. The second-order valence-electron chi connectivity index (χ2n) is 9.97. The maximum Gasteiger partial charge on any atom is 0.309 e.